The summed E-state index contributed by atoms with van der Waals surface area (Å²) >= 11 is 3.42. The van der Waals surface area contributed by atoms with Crippen LogP contribution in [-0.4, -0.2) is 37.5 Å². The quantitative estimate of drug-likeness (QED) is 0.719. The summed E-state index contributed by atoms with van der Waals surface area (Å²) in [7, 11) is 1.62. The Kier molecular flexibility index (Phi) is 6.62. The molecular weight excluding hydrogens is 310 g/mol. The van der Waals surface area contributed by atoms with Gasteiger partial charge in [-0.3, -0.25) is 0 Å². The molecule has 108 valence electrons. The van der Waals surface area contributed by atoms with Crippen LogP contribution in [0.5, 0.6) is 11.5 Å². The zero-order valence-corrected chi connectivity index (χ0v) is 13.3. The average Bonchev–Trinajstić information content (AvgIpc) is 2.37. The molecular formula is C14H22BrNO3. The molecule has 0 aliphatic heterocycles. The number of nitrogens with one attached hydrogen (secondary N) is 1. The first kappa shape index (κ1) is 16.3. The second kappa shape index (κ2) is 7.72. The highest BCUT2D eigenvalue weighted by molar-refractivity contribution is 9.10. The topological polar surface area (TPSA) is 50.7 Å². The molecule has 1 unspecified atom stereocenters. The highest BCUT2D eigenvalue weighted by atomic mass is 79.9. The fourth-order valence-corrected chi connectivity index (χ4v) is 2.02. The molecule has 0 aliphatic rings. The molecule has 1 rings (SSSR count). The molecule has 1 atom stereocenters. The normalized spacial score (nSPS) is 13.9. The van der Waals surface area contributed by atoms with Gasteiger partial charge in [0.1, 0.15) is 23.7 Å². The summed E-state index contributed by atoms with van der Waals surface area (Å²) < 4.78 is 11.6. The minimum absolute atomic E-state index is 0.231. The van der Waals surface area contributed by atoms with Gasteiger partial charge in [-0.25, -0.2) is 0 Å². The molecule has 0 heterocycles. The van der Waals surface area contributed by atoms with E-state index in [1.54, 1.807) is 14.0 Å². The maximum absolute atomic E-state index is 10.2. The lowest BCUT2D eigenvalue weighted by Crippen LogP contribution is -2.43. The van der Waals surface area contributed by atoms with Crippen LogP contribution in [-0.2, 0) is 0 Å². The summed E-state index contributed by atoms with van der Waals surface area (Å²) in [4.78, 5) is 0. The number of halogens is 1. The van der Waals surface area contributed by atoms with Crippen molar-refractivity contribution in [2.75, 3.05) is 26.8 Å². The zero-order chi connectivity index (χ0) is 14.3. The average molecular weight is 332 g/mol. The van der Waals surface area contributed by atoms with E-state index in [0.717, 1.165) is 23.2 Å². The number of hydrogen-bond acceptors (Lipinski definition) is 4. The largest absolute Gasteiger partial charge is 0.497 e. The van der Waals surface area contributed by atoms with Crippen molar-refractivity contribution in [1.82, 2.24) is 5.32 Å². The third kappa shape index (κ3) is 5.80. The van der Waals surface area contributed by atoms with Crippen molar-refractivity contribution in [1.29, 1.82) is 0 Å². The van der Waals surface area contributed by atoms with Crippen molar-refractivity contribution in [3.63, 3.8) is 0 Å². The van der Waals surface area contributed by atoms with E-state index in [-0.39, 0.29) is 6.61 Å². The molecule has 0 aliphatic carbocycles. The number of rotatable bonds is 8. The van der Waals surface area contributed by atoms with Gasteiger partial charge in [0, 0.05) is 6.54 Å². The summed E-state index contributed by atoms with van der Waals surface area (Å²) in [6.45, 7) is 5.48. The highest BCUT2D eigenvalue weighted by Crippen LogP contribution is 2.29. The third-order valence-corrected chi connectivity index (χ3v) is 3.23. The van der Waals surface area contributed by atoms with Crippen molar-refractivity contribution in [3.8, 4) is 11.5 Å². The molecule has 0 bridgehead atoms. The Bertz CT molecular complexity index is 396. The van der Waals surface area contributed by atoms with E-state index in [1.165, 1.54) is 0 Å². The molecule has 0 amide bonds. The lowest BCUT2D eigenvalue weighted by molar-refractivity contribution is 0.0122. The Morgan fingerprint density at radius 3 is 2.74 bits per heavy atom. The van der Waals surface area contributed by atoms with E-state index in [2.05, 4.69) is 28.2 Å². The molecule has 4 nitrogen and oxygen atoms in total. The van der Waals surface area contributed by atoms with Gasteiger partial charge in [0.25, 0.3) is 0 Å². The van der Waals surface area contributed by atoms with Crippen LogP contribution in [0, 0.1) is 0 Å². The molecule has 0 radical (unpaired) electrons. The summed E-state index contributed by atoms with van der Waals surface area (Å²) in [5, 5.41) is 13.3. The van der Waals surface area contributed by atoms with Gasteiger partial charge in [0.2, 0.25) is 0 Å². The number of aliphatic hydroxyl groups is 1. The first-order valence-corrected chi connectivity index (χ1v) is 7.17. The van der Waals surface area contributed by atoms with E-state index in [9.17, 15) is 5.11 Å². The summed E-state index contributed by atoms with van der Waals surface area (Å²) in [5.41, 5.74) is -0.894. The lowest BCUT2D eigenvalue weighted by atomic mass is 10.1. The van der Waals surface area contributed by atoms with Crippen LogP contribution in [0.25, 0.3) is 0 Å². The lowest BCUT2D eigenvalue weighted by Gasteiger charge is -2.24. The smallest absolute Gasteiger partial charge is 0.133 e. The second-order valence-corrected chi connectivity index (χ2v) is 5.61. The van der Waals surface area contributed by atoms with E-state index < -0.39 is 5.60 Å². The maximum Gasteiger partial charge on any atom is 0.133 e. The minimum atomic E-state index is -0.894. The van der Waals surface area contributed by atoms with E-state index in [4.69, 9.17) is 9.47 Å². The Hall–Kier alpha value is -0.780. The van der Waals surface area contributed by atoms with E-state index in [1.807, 2.05) is 18.2 Å². The molecule has 19 heavy (non-hydrogen) atoms. The minimum Gasteiger partial charge on any atom is -0.497 e. The molecule has 0 fully saturated rings. The van der Waals surface area contributed by atoms with Gasteiger partial charge >= 0.3 is 0 Å². The summed E-state index contributed by atoms with van der Waals surface area (Å²) in [5.74, 6) is 1.45. The van der Waals surface area contributed by atoms with Crippen LogP contribution in [0.4, 0.5) is 0 Å². The Morgan fingerprint density at radius 1 is 1.42 bits per heavy atom. The predicted molar refractivity (Wildman–Crippen MR) is 80.0 cm³/mol. The number of methoxy groups -OCH3 is 1. The Morgan fingerprint density at radius 2 is 2.16 bits per heavy atom. The molecule has 5 heteroatoms. The molecule has 1 aromatic rings. The number of benzene rings is 1. The van der Waals surface area contributed by atoms with Crippen molar-refractivity contribution < 1.29 is 14.6 Å². The highest BCUT2D eigenvalue weighted by Gasteiger charge is 2.21. The van der Waals surface area contributed by atoms with Crippen LogP contribution in [0.1, 0.15) is 20.3 Å². The van der Waals surface area contributed by atoms with Gasteiger partial charge in [-0.05, 0) is 54.0 Å². The number of ether oxygens (including phenoxy) is 2. The Balaban J connectivity index is 2.51. The van der Waals surface area contributed by atoms with Crippen LogP contribution in [0.2, 0.25) is 0 Å². The summed E-state index contributed by atoms with van der Waals surface area (Å²) in [6, 6.07) is 5.47. The molecule has 0 saturated carbocycles. The first-order chi connectivity index (χ1) is 8.98. The second-order valence-electron chi connectivity index (χ2n) is 4.76. The Labute approximate surface area is 123 Å². The van der Waals surface area contributed by atoms with Gasteiger partial charge in [0.05, 0.1) is 11.6 Å². The fraction of sp³-hybridized carbons (Fsp3) is 0.571. The van der Waals surface area contributed by atoms with Crippen molar-refractivity contribution >= 4 is 15.9 Å². The third-order valence-electron chi connectivity index (χ3n) is 2.61. The van der Waals surface area contributed by atoms with Gasteiger partial charge < -0.3 is 19.9 Å². The standard InChI is InChI=1S/C14H22BrNO3/c1-4-7-16-9-14(2,17)10-19-13-6-5-11(18-3)8-12(13)15/h5-6,8,16-17H,4,7,9-10H2,1-3H3. The van der Waals surface area contributed by atoms with Gasteiger partial charge in [0.15, 0.2) is 0 Å². The van der Waals surface area contributed by atoms with Crippen LogP contribution in [0.3, 0.4) is 0 Å². The van der Waals surface area contributed by atoms with E-state index in [0.29, 0.717) is 12.3 Å². The monoisotopic (exact) mass is 331 g/mol. The fourth-order valence-electron chi connectivity index (χ4n) is 1.54. The van der Waals surface area contributed by atoms with Crippen molar-refractivity contribution in [3.05, 3.63) is 22.7 Å². The molecule has 2 N–H and O–H groups in total. The molecule has 0 saturated heterocycles. The maximum atomic E-state index is 10.2. The summed E-state index contributed by atoms with van der Waals surface area (Å²) in [6.07, 6.45) is 1.04. The predicted octanol–water partition coefficient (Wildman–Crippen LogP) is 2.59. The van der Waals surface area contributed by atoms with Gasteiger partial charge in [-0.1, -0.05) is 6.92 Å². The van der Waals surface area contributed by atoms with Crippen LogP contribution >= 0.6 is 15.9 Å². The molecule has 1 aromatic carbocycles. The molecule has 0 spiro atoms. The number of hydrogen-bond donors (Lipinski definition) is 2. The van der Waals surface area contributed by atoms with Gasteiger partial charge in [-0.2, -0.15) is 0 Å². The first-order valence-electron chi connectivity index (χ1n) is 6.38. The van der Waals surface area contributed by atoms with Crippen LogP contribution < -0.4 is 14.8 Å². The SMILES string of the molecule is CCCNCC(C)(O)COc1ccc(OC)cc1Br. The van der Waals surface area contributed by atoms with Crippen molar-refractivity contribution in [2.45, 2.75) is 25.9 Å². The van der Waals surface area contributed by atoms with Crippen molar-refractivity contribution in [2.24, 2.45) is 0 Å². The van der Waals surface area contributed by atoms with E-state index >= 15 is 0 Å². The van der Waals surface area contributed by atoms with Gasteiger partial charge in [-0.15, -0.1) is 0 Å². The zero-order valence-electron chi connectivity index (χ0n) is 11.7. The van der Waals surface area contributed by atoms with Crippen LogP contribution in [0.15, 0.2) is 22.7 Å². The molecule has 0 aromatic heterocycles.